The van der Waals surface area contributed by atoms with Gasteiger partial charge in [-0.1, -0.05) is 68.0 Å². The van der Waals surface area contributed by atoms with Gasteiger partial charge in [-0.2, -0.15) is 0 Å². The minimum atomic E-state index is -0.401. The van der Waals surface area contributed by atoms with Crippen LogP contribution in [0.15, 0.2) is 30.3 Å². The molecule has 1 heterocycles. The fraction of sp³-hybridized carbons (Fsp3) is 0.294. The van der Waals surface area contributed by atoms with Gasteiger partial charge in [-0.05, 0) is 11.5 Å². The number of rotatable bonds is 5. The van der Waals surface area contributed by atoms with Gasteiger partial charge in [0.2, 0.25) is 0 Å². The zero-order valence-electron chi connectivity index (χ0n) is 13.2. The lowest BCUT2D eigenvalue weighted by Crippen LogP contribution is -2.15. The second kappa shape index (κ2) is 7.90. The van der Waals surface area contributed by atoms with Gasteiger partial charge in [-0.15, -0.1) is 11.3 Å². The molecule has 0 atom stereocenters. The molecule has 6 heteroatoms. The number of halogens is 1. The molecule has 0 spiro atoms. The molecule has 0 saturated carbocycles. The minimum absolute atomic E-state index is 0.117. The number of anilines is 1. The van der Waals surface area contributed by atoms with Crippen LogP contribution in [0.5, 0.6) is 0 Å². The topological polar surface area (TPSA) is 38.3 Å². The number of thiocarbonyl (C=S) groups is 1. The van der Waals surface area contributed by atoms with Crippen LogP contribution < -0.4 is 5.32 Å². The Labute approximate surface area is 150 Å². The highest BCUT2D eigenvalue weighted by Crippen LogP contribution is 2.41. The van der Waals surface area contributed by atoms with Crippen molar-refractivity contribution in [2.75, 3.05) is 12.4 Å². The Morgan fingerprint density at radius 1 is 1.35 bits per heavy atom. The van der Waals surface area contributed by atoms with Gasteiger partial charge in [0.05, 0.1) is 22.0 Å². The smallest absolute Gasteiger partial charge is 0.341 e. The third-order valence-corrected chi connectivity index (χ3v) is 4.92. The normalized spacial score (nSPS) is 10.7. The SMILES string of the molecule is COC(=O)c1c(NC(=S)Cc2ccccc2)sc(Cl)c1C(C)C. The third kappa shape index (κ3) is 4.31. The maximum atomic E-state index is 12.2. The molecule has 0 fully saturated rings. The van der Waals surface area contributed by atoms with Gasteiger partial charge in [0.15, 0.2) is 0 Å². The minimum Gasteiger partial charge on any atom is -0.465 e. The highest BCUT2D eigenvalue weighted by atomic mass is 35.5. The fourth-order valence-corrected chi connectivity index (χ4v) is 4.25. The first kappa shape index (κ1) is 17.9. The zero-order valence-corrected chi connectivity index (χ0v) is 15.6. The van der Waals surface area contributed by atoms with Crippen LogP contribution in [0, 0.1) is 0 Å². The summed E-state index contributed by atoms with van der Waals surface area (Å²) >= 11 is 13.1. The fourth-order valence-electron chi connectivity index (χ4n) is 2.28. The van der Waals surface area contributed by atoms with E-state index in [1.54, 1.807) is 0 Å². The van der Waals surface area contributed by atoms with Crippen molar-refractivity contribution in [2.24, 2.45) is 0 Å². The average molecular weight is 368 g/mol. The summed E-state index contributed by atoms with van der Waals surface area (Å²) in [7, 11) is 1.37. The van der Waals surface area contributed by atoms with E-state index in [9.17, 15) is 4.79 Å². The molecule has 0 aliphatic carbocycles. The lowest BCUT2D eigenvalue weighted by Gasteiger charge is -2.11. The van der Waals surface area contributed by atoms with Crippen LogP contribution in [0.3, 0.4) is 0 Å². The van der Waals surface area contributed by atoms with Crippen LogP contribution in [0.4, 0.5) is 5.00 Å². The van der Waals surface area contributed by atoms with Crippen LogP contribution in [0.25, 0.3) is 0 Å². The predicted octanol–water partition coefficient (Wildman–Crippen LogP) is 5.29. The van der Waals surface area contributed by atoms with E-state index in [1.807, 2.05) is 44.2 Å². The van der Waals surface area contributed by atoms with E-state index in [-0.39, 0.29) is 5.92 Å². The monoisotopic (exact) mass is 367 g/mol. The standard InChI is InChI=1S/C17H18ClNO2S2/c1-10(2)13-14(17(20)21-3)16(23-15(13)18)19-12(22)9-11-7-5-4-6-8-11/h4-8,10H,9H2,1-3H3,(H,19,22). The number of carbonyl (C=O) groups excluding carboxylic acids is 1. The molecular weight excluding hydrogens is 350 g/mol. The first-order chi connectivity index (χ1) is 10.9. The van der Waals surface area contributed by atoms with Gasteiger partial charge in [0, 0.05) is 12.0 Å². The quantitative estimate of drug-likeness (QED) is 0.575. The van der Waals surface area contributed by atoms with E-state index in [4.69, 9.17) is 28.6 Å². The molecule has 2 aromatic rings. The lowest BCUT2D eigenvalue weighted by molar-refractivity contribution is 0.0601. The number of ether oxygens (including phenoxy) is 1. The van der Waals surface area contributed by atoms with E-state index < -0.39 is 5.97 Å². The van der Waals surface area contributed by atoms with Crippen molar-refractivity contribution in [3.63, 3.8) is 0 Å². The number of methoxy groups -OCH3 is 1. The lowest BCUT2D eigenvalue weighted by atomic mass is 10.0. The van der Waals surface area contributed by atoms with E-state index in [1.165, 1.54) is 18.4 Å². The number of carbonyl (C=O) groups is 1. The van der Waals surface area contributed by atoms with Gasteiger partial charge in [0.1, 0.15) is 5.00 Å². The highest BCUT2D eigenvalue weighted by molar-refractivity contribution is 7.80. The molecule has 23 heavy (non-hydrogen) atoms. The number of benzene rings is 1. The summed E-state index contributed by atoms with van der Waals surface area (Å²) in [6.45, 7) is 3.99. The highest BCUT2D eigenvalue weighted by Gasteiger charge is 2.26. The first-order valence-corrected chi connectivity index (χ1v) is 8.78. The summed E-state index contributed by atoms with van der Waals surface area (Å²) in [4.78, 5) is 12.8. The van der Waals surface area contributed by atoms with E-state index >= 15 is 0 Å². The van der Waals surface area contributed by atoms with Gasteiger partial charge >= 0.3 is 5.97 Å². The summed E-state index contributed by atoms with van der Waals surface area (Å²) in [6, 6.07) is 9.92. The average Bonchev–Trinajstić information content (AvgIpc) is 2.83. The maximum absolute atomic E-state index is 12.2. The molecule has 0 saturated heterocycles. The van der Waals surface area contributed by atoms with Crippen LogP contribution in [-0.2, 0) is 11.2 Å². The molecule has 0 amide bonds. The molecule has 0 radical (unpaired) electrons. The van der Waals surface area contributed by atoms with Crippen molar-refractivity contribution in [3.8, 4) is 0 Å². The van der Waals surface area contributed by atoms with Crippen molar-refractivity contribution >= 4 is 51.1 Å². The molecule has 0 aliphatic heterocycles. The van der Waals surface area contributed by atoms with Crippen molar-refractivity contribution < 1.29 is 9.53 Å². The molecule has 0 aliphatic rings. The number of hydrogen-bond acceptors (Lipinski definition) is 4. The Morgan fingerprint density at radius 3 is 2.57 bits per heavy atom. The molecule has 1 aromatic carbocycles. The summed E-state index contributed by atoms with van der Waals surface area (Å²) in [5.74, 6) is -0.284. The summed E-state index contributed by atoms with van der Waals surface area (Å²) in [5, 5.41) is 3.80. The summed E-state index contributed by atoms with van der Waals surface area (Å²) < 4.78 is 5.50. The maximum Gasteiger partial charge on any atom is 0.341 e. The van der Waals surface area contributed by atoms with E-state index in [0.717, 1.165) is 11.1 Å². The van der Waals surface area contributed by atoms with Crippen molar-refractivity contribution in [1.29, 1.82) is 0 Å². The van der Waals surface area contributed by atoms with E-state index in [2.05, 4.69) is 5.32 Å². The Morgan fingerprint density at radius 2 is 2.00 bits per heavy atom. The van der Waals surface area contributed by atoms with Gasteiger partial charge in [-0.25, -0.2) is 4.79 Å². The second-order valence-corrected chi connectivity index (χ2v) is 7.47. The van der Waals surface area contributed by atoms with Crippen molar-refractivity contribution in [1.82, 2.24) is 0 Å². The Balaban J connectivity index is 2.27. The molecule has 1 N–H and O–H groups in total. The van der Waals surface area contributed by atoms with Gasteiger partial charge in [-0.3, -0.25) is 0 Å². The van der Waals surface area contributed by atoms with E-state index in [0.29, 0.717) is 26.3 Å². The Kier molecular flexibility index (Phi) is 6.16. The molecule has 1 aromatic heterocycles. The number of hydrogen-bond donors (Lipinski definition) is 1. The first-order valence-electron chi connectivity index (χ1n) is 7.18. The summed E-state index contributed by atoms with van der Waals surface area (Å²) in [5.41, 5.74) is 2.39. The summed E-state index contributed by atoms with van der Waals surface area (Å²) in [6.07, 6.45) is 0.601. The number of thiophene rings is 1. The van der Waals surface area contributed by atoms with Crippen molar-refractivity contribution in [2.45, 2.75) is 26.2 Å². The molecule has 2 rings (SSSR count). The predicted molar refractivity (Wildman–Crippen MR) is 101 cm³/mol. The van der Waals surface area contributed by atoms with Gasteiger partial charge < -0.3 is 10.1 Å². The van der Waals surface area contributed by atoms with Gasteiger partial charge in [0.25, 0.3) is 0 Å². The molecule has 0 unspecified atom stereocenters. The van der Waals surface area contributed by atoms with Crippen LogP contribution in [-0.4, -0.2) is 18.1 Å². The number of esters is 1. The third-order valence-electron chi connectivity index (χ3n) is 3.33. The molecule has 0 bridgehead atoms. The molecule has 122 valence electrons. The molecule has 3 nitrogen and oxygen atoms in total. The number of nitrogens with one attached hydrogen (secondary N) is 1. The van der Waals surface area contributed by atoms with Crippen LogP contribution in [0.1, 0.15) is 41.3 Å². The second-order valence-electron chi connectivity index (χ2n) is 5.35. The van der Waals surface area contributed by atoms with Crippen molar-refractivity contribution in [3.05, 3.63) is 51.4 Å². The van der Waals surface area contributed by atoms with Crippen LogP contribution in [0.2, 0.25) is 4.34 Å². The Hall–Kier alpha value is -1.43. The Bertz CT molecular complexity index is 711. The zero-order chi connectivity index (χ0) is 17.0. The largest absolute Gasteiger partial charge is 0.465 e. The van der Waals surface area contributed by atoms with Crippen LogP contribution >= 0.6 is 35.2 Å². The molecular formula is C17H18ClNO2S2.